The molecule has 2 aromatic rings. The van der Waals surface area contributed by atoms with Crippen LogP contribution in [0.15, 0.2) is 36.4 Å². The fourth-order valence-corrected chi connectivity index (χ4v) is 2.26. The van der Waals surface area contributed by atoms with Gasteiger partial charge in [-0.1, -0.05) is 24.3 Å². The lowest BCUT2D eigenvalue weighted by atomic mass is 10.1. The molecule has 0 spiro atoms. The highest BCUT2D eigenvalue weighted by molar-refractivity contribution is 5.99. The van der Waals surface area contributed by atoms with Crippen LogP contribution in [0.4, 0.5) is 0 Å². The molecule has 0 bridgehead atoms. The lowest BCUT2D eigenvalue weighted by molar-refractivity contribution is 0.0944. The Morgan fingerprint density at radius 1 is 1.00 bits per heavy atom. The molecule has 2 rings (SSSR count). The average Bonchev–Trinajstić information content (AvgIpc) is 2.54. The molecule has 0 aliphatic rings. The average molecular weight is 299 g/mol. The molecule has 0 fully saturated rings. The maximum Gasteiger partial charge on any atom is 0.259 e. The number of hydrogen-bond acceptors (Lipinski definition) is 3. The number of aryl methyl sites for hydroxylation is 2. The Hall–Kier alpha value is -2.49. The summed E-state index contributed by atoms with van der Waals surface area (Å²) >= 11 is 0. The standard InChI is InChI=1S/C18H21NO3/c1-12-8-9-14(10-13(12)2)11-19-18(20)17-15(21-3)6-5-7-16(17)22-4/h5-10H,11H2,1-4H3,(H,19,20). The van der Waals surface area contributed by atoms with Gasteiger partial charge in [0.1, 0.15) is 17.1 Å². The van der Waals surface area contributed by atoms with Crippen LogP contribution in [-0.4, -0.2) is 20.1 Å². The second-order valence-electron chi connectivity index (χ2n) is 5.14. The fourth-order valence-electron chi connectivity index (χ4n) is 2.26. The Kier molecular flexibility index (Phi) is 5.04. The van der Waals surface area contributed by atoms with Gasteiger partial charge in [-0.15, -0.1) is 0 Å². The molecule has 0 atom stereocenters. The molecule has 0 aliphatic heterocycles. The molecule has 0 saturated heterocycles. The largest absolute Gasteiger partial charge is 0.496 e. The minimum Gasteiger partial charge on any atom is -0.496 e. The summed E-state index contributed by atoms with van der Waals surface area (Å²) in [6.07, 6.45) is 0. The van der Waals surface area contributed by atoms with Crippen LogP contribution in [0.2, 0.25) is 0 Å². The van der Waals surface area contributed by atoms with E-state index in [-0.39, 0.29) is 5.91 Å². The quantitative estimate of drug-likeness (QED) is 0.922. The van der Waals surface area contributed by atoms with Gasteiger partial charge in [-0.25, -0.2) is 0 Å². The third kappa shape index (κ3) is 3.39. The third-order valence-corrected chi connectivity index (χ3v) is 3.68. The number of hydrogen-bond donors (Lipinski definition) is 1. The van der Waals surface area contributed by atoms with Gasteiger partial charge in [0.05, 0.1) is 14.2 Å². The van der Waals surface area contributed by atoms with E-state index in [2.05, 4.69) is 31.3 Å². The SMILES string of the molecule is COc1cccc(OC)c1C(=O)NCc1ccc(C)c(C)c1. The van der Waals surface area contributed by atoms with Crippen LogP contribution in [0.1, 0.15) is 27.0 Å². The van der Waals surface area contributed by atoms with Crippen LogP contribution in [0.5, 0.6) is 11.5 Å². The van der Waals surface area contributed by atoms with Crippen LogP contribution in [0, 0.1) is 13.8 Å². The smallest absolute Gasteiger partial charge is 0.259 e. The van der Waals surface area contributed by atoms with E-state index in [1.165, 1.54) is 25.3 Å². The molecule has 116 valence electrons. The fraction of sp³-hybridized carbons (Fsp3) is 0.278. The van der Waals surface area contributed by atoms with Crippen molar-refractivity contribution in [3.63, 3.8) is 0 Å². The molecule has 0 radical (unpaired) electrons. The van der Waals surface area contributed by atoms with Gasteiger partial charge in [-0.05, 0) is 42.7 Å². The van der Waals surface area contributed by atoms with Crippen molar-refractivity contribution in [1.82, 2.24) is 5.32 Å². The molecule has 0 saturated carbocycles. The van der Waals surface area contributed by atoms with Gasteiger partial charge >= 0.3 is 0 Å². The Balaban J connectivity index is 2.17. The Morgan fingerprint density at radius 3 is 2.18 bits per heavy atom. The van der Waals surface area contributed by atoms with Crippen LogP contribution < -0.4 is 14.8 Å². The summed E-state index contributed by atoms with van der Waals surface area (Å²) in [5, 5.41) is 2.91. The summed E-state index contributed by atoms with van der Waals surface area (Å²) in [6, 6.07) is 11.4. The number of carbonyl (C=O) groups is 1. The van der Waals surface area contributed by atoms with E-state index in [0.29, 0.717) is 23.6 Å². The van der Waals surface area contributed by atoms with E-state index >= 15 is 0 Å². The Morgan fingerprint density at radius 2 is 1.64 bits per heavy atom. The highest BCUT2D eigenvalue weighted by Gasteiger charge is 2.17. The van der Waals surface area contributed by atoms with E-state index in [4.69, 9.17) is 9.47 Å². The maximum absolute atomic E-state index is 12.5. The van der Waals surface area contributed by atoms with Gasteiger partial charge in [-0.2, -0.15) is 0 Å². The first kappa shape index (κ1) is 15.9. The van der Waals surface area contributed by atoms with Crippen molar-refractivity contribution in [3.05, 3.63) is 58.7 Å². The van der Waals surface area contributed by atoms with Crippen molar-refractivity contribution in [1.29, 1.82) is 0 Å². The Labute approximate surface area is 131 Å². The molecule has 4 heteroatoms. The van der Waals surface area contributed by atoms with Crippen molar-refractivity contribution in [2.45, 2.75) is 20.4 Å². The summed E-state index contributed by atoms with van der Waals surface area (Å²) in [4.78, 5) is 12.5. The molecular weight excluding hydrogens is 278 g/mol. The number of amides is 1. The van der Waals surface area contributed by atoms with Crippen LogP contribution in [-0.2, 0) is 6.54 Å². The maximum atomic E-state index is 12.5. The first-order valence-electron chi connectivity index (χ1n) is 7.12. The summed E-state index contributed by atoms with van der Waals surface area (Å²) in [5.74, 6) is 0.779. The summed E-state index contributed by atoms with van der Waals surface area (Å²) in [6.45, 7) is 4.59. The summed E-state index contributed by atoms with van der Waals surface area (Å²) in [7, 11) is 3.07. The molecule has 4 nitrogen and oxygen atoms in total. The van der Waals surface area contributed by atoms with Crippen molar-refractivity contribution >= 4 is 5.91 Å². The van der Waals surface area contributed by atoms with Crippen molar-refractivity contribution in [2.24, 2.45) is 0 Å². The van der Waals surface area contributed by atoms with E-state index in [1.54, 1.807) is 18.2 Å². The lowest BCUT2D eigenvalue weighted by Crippen LogP contribution is -2.24. The lowest BCUT2D eigenvalue weighted by Gasteiger charge is -2.13. The number of carbonyl (C=O) groups excluding carboxylic acids is 1. The molecule has 0 aromatic heterocycles. The molecular formula is C18H21NO3. The molecule has 1 amide bonds. The zero-order valence-electron chi connectivity index (χ0n) is 13.4. The third-order valence-electron chi connectivity index (χ3n) is 3.68. The molecule has 22 heavy (non-hydrogen) atoms. The van der Waals surface area contributed by atoms with Gasteiger partial charge in [0, 0.05) is 6.54 Å². The van der Waals surface area contributed by atoms with Gasteiger partial charge in [-0.3, -0.25) is 4.79 Å². The predicted molar refractivity (Wildman–Crippen MR) is 86.6 cm³/mol. The predicted octanol–water partition coefficient (Wildman–Crippen LogP) is 3.25. The summed E-state index contributed by atoms with van der Waals surface area (Å²) in [5.41, 5.74) is 3.92. The highest BCUT2D eigenvalue weighted by atomic mass is 16.5. The number of ether oxygens (including phenoxy) is 2. The molecule has 0 aliphatic carbocycles. The Bertz CT molecular complexity index is 658. The van der Waals surface area contributed by atoms with Gasteiger partial charge < -0.3 is 14.8 Å². The summed E-state index contributed by atoms with van der Waals surface area (Å²) < 4.78 is 10.5. The number of methoxy groups -OCH3 is 2. The highest BCUT2D eigenvalue weighted by Crippen LogP contribution is 2.28. The zero-order valence-corrected chi connectivity index (χ0v) is 13.4. The van der Waals surface area contributed by atoms with Crippen molar-refractivity contribution < 1.29 is 14.3 Å². The second kappa shape index (κ2) is 6.98. The van der Waals surface area contributed by atoms with Gasteiger partial charge in [0.15, 0.2) is 0 Å². The minimum absolute atomic E-state index is 0.215. The van der Waals surface area contributed by atoms with Crippen molar-refractivity contribution in [2.75, 3.05) is 14.2 Å². The monoisotopic (exact) mass is 299 g/mol. The minimum atomic E-state index is -0.215. The normalized spacial score (nSPS) is 10.2. The molecule has 0 heterocycles. The molecule has 0 unspecified atom stereocenters. The van der Waals surface area contributed by atoms with Crippen LogP contribution in [0.25, 0.3) is 0 Å². The van der Waals surface area contributed by atoms with Gasteiger partial charge in [0.2, 0.25) is 0 Å². The van der Waals surface area contributed by atoms with Gasteiger partial charge in [0.25, 0.3) is 5.91 Å². The van der Waals surface area contributed by atoms with Crippen molar-refractivity contribution in [3.8, 4) is 11.5 Å². The molecule has 1 N–H and O–H groups in total. The number of nitrogens with one attached hydrogen (secondary N) is 1. The first-order chi connectivity index (χ1) is 10.6. The number of benzene rings is 2. The van der Waals surface area contributed by atoms with Crippen LogP contribution >= 0.6 is 0 Å². The molecule has 2 aromatic carbocycles. The number of rotatable bonds is 5. The topological polar surface area (TPSA) is 47.6 Å². The van der Waals surface area contributed by atoms with E-state index < -0.39 is 0 Å². The van der Waals surface area contributed by atoms with E-state index in [9.17, 15) is 4.79 Å². The van der Waals surface area contributed by atoms with E-state index in [0.717, 1.165) is 5.56 Å². The first-order valence-corrected chi connectivity index (χ1v) is 7.12. The second-order valence-corrected chi connectivity index (χ2v) is 5.14. The zero-order chi connectivity index (χ0) is 16.1. The van der Waals surface area contributed by atoms with Crippen LogP contribution in [0.3, 0.4) is 0 Å². The van der Waals surface area contributed by atoms with E-state index in [1.807, 2.05) is 6.07 Å².